The van der Waals surface area contributed by atoms with Crippen LogP contribution in [0.25, 0.3) is 4.85 Å². The molecule has 1 aromatic rings. The van der Waals surface area contributed by atoms with Gasteiger partial charge in [0.1, 0.15) is 0 Å². The van der Waals surface area contributed by atoms with E-state index < -0.39 is 0 Å². The van der Waals surface area contributed by atoms with Crippen molar-refractivity contribution in [3.63, 3.8) is 0 Å². The second-order valence-corrected chi connectivity index (χ2v) is 3.30. The molecule has 1 aliphatic heterocycles. The molecule has 3 nitrogen and oxygen atoms in total. The topological polar surface area (TPSA) is 42.4 Å². The number of nitrogens with two attached hydrogens (primary N) is 1. The summed E-state index contributed by atoms with van der Waals surface area (Å²) in [5.41, 5.74) is 8.77. The molecule has 1 heterocycles. The van der Waals surface area contributed by atoms with E-state index in [1.165, 1.54) is 0 Å². The summed E-state index contributed by atoms with van der Waals surface area (Å²) in [6, 6.07) is 5.87. The van der Waals surface area contributed by atoms with Gasteiger partial charge in [-0.25, -0.2) is 4.85 Å². The van der Waals surface area contributed by atoms with Crippen LogP contribution in [0.2, 0.25) is 0 Å². The highest BCUT2D eigenvalue weighted by Gasteiger charge is 2.14. The predicted molar refractivity (Wildman–Crippen MR) is 52.9 cm³/mol. The van der Waals surface area contributed by atoms with E-state index >= 15 is 0 Å². The second-order valence-electron chi connectivity index (χ2n) is 3.30. The standard InChI is InChI=1S/C10H11N3/c1-12-9-2-3-10-7(5-9)4-8(11)6-13-10/h2-3,5,8,13H,4,6,11H2. The van der Waals surface area contributed by atoms with Crippen LogP contribution in [0.3, 0.4) is 0 Å². The lowest BCUT2D eigenvalue weighted by molar-refractivity contribution is 0.680. The van der Waals surface area contributed by atoms with Crippen LogP contribution in [0.1, 0.15) is 5.56 Å². The minimum absolute atomic E-state index is 0.175. The van der Waals surface area contributed by atoms with Gasteiger partial charge in [-0.3, -0.25) is 0 Å². The van der Waals surface area contributed by atoms with Gasteiger partial charge in [0.2, 0.25) is 0 Å². The third kappa shape index (κ3) is 1.49. The Morgan fingerprint density at radius 2 is 2.38 bits per heavy atom. The molecule has 0 aromatic heterocycles. The van der Waals surface area contributed by atoms with E-state index in [0.29, 0.717) is 5.69 Å². The van der Waals surface area contributed by atoms with Crippen molar-refractivity contribution in [1.82, 2.24) is 0 Å². The predicted octanol–water partition coefficient (Wildman–Crippen LogP) is 1.53. The molecule has 0 radical (unpaired) electrons. The molecule has 1 aliphatic rings. The molecular formula is C10H11N3. The van der Waals surface area contributed by atoms with Crippen LogP contribution >= 0.6 is 0 Å². The first kappa shape index (κ1) is 8.09. The van der Waals surface area contributed by atoms with Crippen molar-refractivity contribution in [3.8, 4) is 0 Å². The van der Waals surface area contributed by atoms with E-state index in [-0.39, 0.29) is 6.04 Å². The third-order valence-electron chi connectivity index (χ3n) is 2.25. The summed E-state index contributed by atoms with van der Waals surface area (Å²) in [5.74, 6) is 0. The Labute approximate surface area is 77.4 Å². The van der Waals surface area contributed by atoms with E-state index in [2.05, 4.69) is 10.2 Å². The molecule has 1 aromatic carbocycles. The highest BCUT2D eigenvalue weighted by atomic mass is 14.9. The number of fused-ring (bicyclic) bond motifs is 1. The zero-order valence-corrected chi connectivity index (χ0v) is 7.25. The highest BCUT2D eigenvalue weighted by Crippen LogP contribution is 2.25. The molecule has 2 rings (SSSR count). The molecule has 0 bridgehead atoms. The Morgan fingerprint density at radius 3 is 3.15 bits per heavy atom. The third-order valence-corrected chi connectivity index (χ3v) is 2.25. The Balaban J connectivity index is 2.39. The summed E-state index contributed by atoms with van der Waals surface area (Å²) in [6.07, 6.45) is 0.867. The molecule has 1 unspecified atom stereocenters. The molecule has 0 fully saturated rings. The second kappa shape index (κ2) is 3.08. The first-order chi connectivity index (χ1) is 6.29. The molecule has 0 amide bonds. The van der Waals surface area contributed by atoms with Crippen LogP contribution in [0.15, 0.2) is 18.2 Å². The van der Waals surface area contributed by atoms with Gasteiger partial charge in [0.15, 0.2) is 5.69 Å². The normalized spacial score (nSPS) is 19.8. The highest BCUT2D eigenvalue weighted by molar-refractivity contribution is 5.61. The number of hydrogen-bond donors (Lipinski definition) is 2. The molecule has 3 N–H and O–H groups in total. The molecule has 0 spiro atoms. The van der Waals surface area contributed by atoms with Crippen molar-refractivity contribution in [3.05, 3.63) is 35.2 Å². The van der Waals surface area contributed by atoms with Gasteiger partial charge in [-0.05, 0) is 18.1 Å². The van der Waals surface area contributed by atoms with Gasteiger partial charge >= 0.3 is 0 Å². The van der Waals surface area contributed by atoms with Crippen LogP contribution in [-0.2, 0) is 6.42 Å². The van der Waals surface area contributed by atoms with Gasteiger partial charge in [-0.15, -0.1) is 0 Å². The lowest BCUT2D eigenvalue weighted by atomic mass is 10.00. The maximum atomic E-state index is 6.88. The molecule has 3 heteroatoms. The fourth-order valence-electron chi connectivity index (χ4n) is 1.59. The van der Waals surface area contributed by atoms with Crippen LogP contribution in [0, 0.1) is 6.57 Å². The number of hydrogen-bond acceptors (Lipinski definition) is 2. The Hall–Kier alpha value is -1.53. The average Bonchev–Trinajstić information content (AvgIpc) is 2.16. The van der Waals surface area contributed by atoms with Gasteiger partial charge < -0.3 is 11.1 Å². The lowest BCUT2D eigenvalue weighted by Crippen LogP contribution is -2.35. The van der Waals surface area contributed by atoms with Crippen molar-refractivity contribution < 1.29 is 0 Å². The van der Waals surface area contributed by atoms with E-state index in [0.717, 1.165) is 24.2 Å². The van der Waals surface area contributed by atoms with Crippen LogP contribution in [-0.4, -0.2) is 12.6 Å². The average molecular weight is 173 g/mol. The molecule has 13 heavy (non-hydrogen) atoms. The maximum absolute atomic E-state index is 6.88. The summed E-state index contributed by atoms with van der Waals surface area (Å²) in [6.45, 7) is 7.71. The molecule has 0 aliphatic carbocycles. The summed E-state index contributed by atoms with van der Waals surface area (Å²) < 4.78 is 0. The Bertz CT molecular complexity index is 365. The van der Waals surface area contributed by atoms with Crippen LogP contribution in [0.5, 0.6) is 0 Å². The zero-order valence-electron chi connectivity index (χ0n) is 7.25. The van der Waals surface area contributed by atoms with Crippen molar-refractivity contribution in [2.24, 2.45) is 5.73 Å². The van der Waals surface area contributed by atoms with Crippen molar-refractivity contribution >= 4 is 11.4 Å². The Kier molecular flexibility index (Phi) is 1.91. The molecule has 0 saturated heterocycles. The minimum atomic E-state index is 0.175. The summed E-state index contributed by atoms with van der Waals surface area (Å²) >= 11 is 0. The maximum Gasteiger partial charge on any atom is 0.187 e. The summed E-state index contributed by atoms with van der Waals surface area (Å²) in [4.78, 5) is 3.39. The van der Waals surface area contributed by atoms with Crippen molar-refractivity contribution in [1.29, 1.82) is 0 Å². The fraction of sp³-hybridized carbons (Fsp3) is 0.300. The van der Waals surface area contributed by atoms with Crippen LogP contribution in [0.4, 0.5) is 11.4 Å². The molecule has 1 atom stereocenters. The van der Waals surface area contributed by atoms with Gasteiger partial charge in [0, 0.05) is 18.3 Å². The van der Waals surface area contributed by atoms with Gasteiger partial charge in [0.05, 0.1) is 6.57 Å². The molecule has 66 valence electrons. The number of rotatable bonds is 0. The van der Waals surface area contributed by atoms with Crippen LogP contribution < -0.4 is 11.1 Å². The molecular weight excluding hydrogens is 162 g/mol. The largest absolute Gasteiger partial charge is 0.383 e. The summed E-state index contributed by atoms with van der Waals surface area (Å²) in [5, 5.41) is 3.24. The van der Waals surface area contributed by atoms with Crippen molar-refractivity contribution in [2.75, 3.05) is 11.9 Å². The number of anilines is 1. The van der Waals surface area contributed by atoms with E-state index in [4.69, 9.17) is 12.3 Å². The first-order valence-electron chi connectivity index (χ1n) is 4.29. The van der Waals surface area contributed by atoms with E-state index in [1.54, 1.807) is 0 Å². The number of nitrogens with zero attached hydrogens (tertiary/aromatic N) is 1. The lowest BCUT2D eigenvalue weighted by Gasteiger charge is -2.23. The minimum Gasteiger partial charge on any atom is -0.383 e. The van der Waals surface area contributed by atoms with Gasteiger partial charge in [0.25, 0.3) is 0 Å². The number of benzene rings is 1. The smallest absolute Gasteiger partial charge is 0.187 e. The van der Waals surface area contributed by atoms with Gasteiger partial charge in [-0.2, -0.15) is 0 Å². The van der Waals surface area contributed by atoms with E-state index in [1.807, 2.05) is 18.2 Å². The summed E-state index contributed by atoms with van der Waals surface area (Å²) in [7, 11) is 0. The fourth-order valence-corrected chi connectivity index (χ4v) is 1.59. The molecule has 0 saturated carbocycles. The zero-order chi connectivity index (χ0) is 9.26. The van der Waals surface area contributed by atoms with E-state index in [9.17, 15) is 0 Å². The van der Waals surface area contributed by atoms with Crippen molar-refractivity contribution in [2.45, 2.75) is 12.5 Å². The monoisotopic (exact) mass is 173 g/mol. The number of nitrogens with one attached hydrogen (secondary N) is 1. The SMILES string of the molecule is [C-]#[N+]c1ccc2c(c1)CC(N)CN2. The van der Waals surface area contributed by atoms with Gasteiger partial charge in [-0.1, -0.05) is 12.1 Å². The first-order valence-corrected chi connectivity index (χ1v) is 4.29. The quantitative estimate of drug-likeness (QED) is 0.584. The Morgan fingerprint density at radius 1 is 1.54 bits per heavy atom.